The van der Waals surface area contributed by atoms with E-state index >= 15 is 0 Å². The molecule has 0 radical (unpaired) electrons. The van der Waals surface area contributed by atoms with Crippen LogP contribution in [0.1, 0.15) is 71.1 Å². The standard InChI is InChI=1S/C14H27NO2S/c1-3-4-5-6-7-8-9-10-11-12-13-18-14(2)15(16)17/h2-13H2,1H3. The van der Waals surface area contributed by atoms with Crippen molar-refractivity contribution in [3.05, 3.63) is 21.7 Å². The molecule has 0 aromatic carbocycles. The quantitative estimate of drug-likeness (QED) is 0.257. The molecule has 4 heteroatoms. The Morgan fingerprint density at radius 3 is 1.89 bits per heavy atom. The zero-order chi connectivity index (χ0) is 13.6. The van der Waals surface area contributed by atoms with Crippen LogP contribution in [0.3, 0.4) is 0 Å². The van der Waals surface area contributed by atoms with Gasteiger partial charge in [0.2, 0.25) is 0 Å². The molecule has 3 nitrogen and oxygen atoms in total. The molecule has 0 atom stereocenters. The Bertz CT molecular complexity index is 232. The summed E-state index contributed by atoms with van der Waals surface area (Å²) < 4.78 is 0. The lowest BCUT2D eigenvalue weighted by Gasteiger charge is -2.01. The van der Waals surface area contributed by atoms with Crippen LogP contribution >= 0.6 is 11.8 Å². The number of hydrogen-bond acceptors (Lipinski definition) is 3. The van der Waals surface area contributed by atoms with Crippen LogP contribution in [0.25, 0.3) is 0 Å². The fraction of sp³-hybridized carbons (Fsp3) is 0.857. The van der Waals surface area contributed by atoms with Crippen molar-refractivity contribution < 1.29 is 4.92 Å². The molecule has 0 rings (SSSR count). The molecule has 18 heavy (non-hydrogen) atoms. The average molecular weight is 273 g/mol. The SMILES string of the molecule is C=C(SCCCCCCCCCCCC)[N+](=O)[O-]. The predicted octanol–water partition coefficient (Wildman–Crippen LogP) is 5.39. The second kappa shape index (κ2) is 12.9. The first kappa shape index (κ1) is 17.5. The summed E-state index contributed by atoms with van der Waals surface area (Å²) in [6, 6.07) is 0. The number of rotatable bonds is 13. The smallest absolute Gasteiger partial charge is 0.258 e. The highest BCUT2D eigenvalue weighted by Gasteiger charge is 2.05. The summed E-state index contributed by atoms with van der Waals surface area (Å²) in [5.41, 5.74) is 0. The Morgan fingerprint density at radius 1 is 1.00 bits per heavy atom. The number of thioether (sulfide) groups is 1. The molecule has 0 fully saturated rings. The van der Waals surface area contributed by atoms with Gasteiger partial charge < -0.3 is 0 Å². The maximum Gasteiger partial charge on any atom is 0.296 e. The van der Waals surface area contributed by atoms with E-state index in [9.17, 15) is 10.1 Å². The van der Waals surface area contributed by atoms with Crippen molar-refractivity contribution in [3.8, 4) is 0 Å². The van der Waals surface area contributed by atoms with Crippen LogP contribution in [-0.4, -0.2) is 10.7 Å². The maximum atomic E-state index is 10.3. The molecule has 0 unspecified atom stereocenters. The van der Waals surface area contributed by atoms with Crippen molar-refractivity contribution in [2.45, 2.75) is 71.1 Å². The van der Waals surface area contributed by atoms with E-state index in [0.717, 1.165) is 12.2 Å². The summed E-state index contributed by atoms with van der Waals surface area (Å²) in [6.07, 6.45) is 13.0. The summed E-state index contributed by atoms with van der Waals surface area (Å²) in [6.45, 7) is 5.64. The molecule has 0 bridgehead atoms. The molecule has 0 aliphatic heterocycles. The van der Waals surface area contributed by atoms with E-state index in [2.05, 4.69) is 13.5 Å². The van der Waals surface area contributed by atoms with E-state index in [0.29, 0.717) is 0 Å². The van der Waals surface area contributed by atoms with Gasteiger partial charge in [-0.1, -0.05) is 76.5 Å². The largest absolute Gasteiger partial charge is 0.296 e. The Hall–Kier alpha value is -0.510. The molecular formula is C14H27NO2S. The molecule has 0 aliphatic rings. The van der Waals surface area contributed by atoms with Crippen LogP contribution in [0.5, 0.6) is 0 Å². The third-order valence-electron chi connectivity index (χ3n) is 2.97. The molecule has 0 saturated carbocycles. The van der Waals surface area contributed by atoms with Gasteiger partial charge in [0, 0.05) is 5.75 Å². The van der Waals surface area contributed by atoms with Gasteiger partial charge in [0.15, 0.2) is 0 Å². The lowest BCUT2D eigenvalue weighted by Crippen LogP contribution is -1.93. The fourth-order valence-electron chi connectivity index (χ4n) is 1.83. The van der Waals surface area contributed by atoms with Gasteiger partial charge in [-0.15, -0.1) is 0 Å². The normalized spacial score (nSPS) is 10.5. The molecule has 0 aliphatic carbocycles. The van der Waals surface area contributed by atoms with E-state index in [1.165, 1.54) is 69.5 Å². The van der Waals surface area contributed by atoms with Crippen molar-refractivity contribution in [2.24, 2.45) is 0 Å². The Kier molecular flexibility index (Phi) is 12.6. The van der Waals surface area contributed by atoms with Crippen LogP contribution in [0, 0.1) is 10.1 Å². The minimum Gasteiger partial charge on any atom is -0.258 e. The zero-order valence-corrected chi connectivity index (χ0v) is 12.5. The molecule has 106 valence electrons. The van der Waals surface area contributed by atoms with Gasteiger partial charge in [-0.2, -0.15) is 0 Å². The Labute approximate surface area is 116 Å². The van der Waals surface area contributed by atoms with Gasteiger partial charge in [0.05, 0.1) is 4.92 Å². The van der Waals surface area contributed by atoms with Crippen LogP contribution in [0.15, 0.2) is 11.6 Å². The van der Waals surface area contributed by atoms with Crippen molar-refractivity contribution in [3.63, 3.8) is 0 Å². The lowest BCUT2D eigenvalue weighted by molar-refractivity contribution is -0.409. The molecule has 0 aromatic rings. The fourth-order valence-corrected chi connectivity index (χ4v) is 2.52. The van der Waals surface area contributed by atoms with Gasteiger partial charge in [-0.3, -0.25) is 10.1 Å². The zero-order valence-electron chi connectivity index (χ0n) is 11.7. The van der Waals surface area contributed by atoms with Crippen LogP contribution in [0.2, 0.25) is 0 Å². The molecule has 0 aromatic heterocycles. The third kappa shape index (κ3) is 12.0. The third-order valence-corrected chi connectivity index (χ3v) is 3.95. The minimum atomic E-state index is -0.402. The summed E-state index contributed by atoms with van der Waals surface area (Å²) >= 11 is 1.27. The van der Waals surface area contributed by atoms with Gasteiger partial charge in [-0.25, -0.2) is 0 Å². The molecule has 0 amide bonds. The van der Waals surface area contributed by atoms with Crippen molar-refractivity contribution in [2.75, 3.05) is 5.75 Å². The number of unbranched alkanes of at least 4 members (excludes halogenated alkanes) is 9. The second-order valence-corrected chi connectivity index (χ2v) is 5.85. The summed E-state index contributed by atoms with van der Waals surface area (Å²) in [4.78, 5) is 9.90. The van der Waals surface area contributed by atoms with E-state index in [1.54, 1.807) is 0 Å². The van der Waals surface area contributed by atoms with Crippen LogP contribution in [0.4, 0.5) is 0 Å². The number of nitro groups is 1. The maximum absolute atomic E-state index is 10.3. The molecule has 0 spiro atoms. The summed E-state index contributed by atoms with van der Waals surface area (Å²) in [5, 5.41) is 10.4. The van der Waals surface area contributed by atoms with E-state index in [4.69, 9.17) is 0 Å². The van der Waals surface area contributed by atoms with Crippen LogP contribution < -0.4 is 0 Å². The predicted molar refractivity (Wildman–Crippen MR) is 80.4 cm³/mol. The highest BCUT2D eigenvalue weighted by molar-refractivity contribution is 8.02. The monoisotopic (exact) mass is 273 g/mol. The topological polar surface area (TPSA) is 43.1 Å². The van der Waals surface area contributed by atoms with Crippen molar-refractivity contribution in [1.82, 2.24) is 0 Å². The summed E-state index contributed by atoms with van der Waals surface area (Å²) in [7, 11) is 0. The molecule has 0 heterocycles. The molecule has 0 N–H and O–H groups in total. The second-order valence-electron chi connectivity index (χ2n) is 4.68. The van der Waals surface area contributed by atoms with Gasteiger partial charge in [-0.05, 0) is 13.0 Å². The Morgan fingerprint density at radius 2 is 1.44 bits per heavy atom. The lowest BCUT2D eigenvalue weighted by atomic mass is 10.1. The minimum absolute atomic E-state index is 0.0749. The first-order chi connectivity index (χ1) is 8.68. The van der Waals surface area contributed by atoms with E-state index in [1.807, 2.05) is 0 Å². The van der Waals surface area contributed by atoms with Crippen molar-refractivity contribution in [1.29, 1.82) is 0 Å². The van der Waals surface area contributed by atoms with Gasteiger partial charge in [0.25, 0.3) is 5.03 Å². The Balaban J connectivity index is 3.07. The van der Waals surface area contributed by atoms with Gasteiger partial charge >= 0.3 is 0 Å². The summed E-state index contributed by atoms with van der Waals surface area (Å²) in [5.74, 6) is 0.830. The van der Waals surface area contributed by atoms with Gasteiger partial charge in [0.1, 0.15) is 0 Å². The number of hydrogen-bond donors (Lipinski definition) is 0. The first-order valence-corrected chi connectivity index (χ1v) is 8.13. The van der Waals surface area contributed by atoms with E-state index < -0.39 is 4.92 Å². The van der Waals surface area contributed by atoms with Crippen LogP contribution in [-0.2, 0) is 0 Å². The first-order valence-electron chi connectivity index (χ1n) is 7.14. The highest BCUT2D eigenvalue weighted by atomic mass is 32.2. The molecular weight excluding hydrogens is 246 g/mol. The highest BCUT2D eigenvalue weighted by Crippen LogP contribution is 2.17. The average Bonchev–Trinajstić information content (AvgIpc) is 2.35. The number of nitrogens with zero attached hydrogens (tertiary/aromatic N) is 1. The van der Waals surface area contributed by atoms with E-state index in [-0.39, 0.29) is 5.03 Å². The van der Waals surface area contributed by atoms with Crippen molar-refractivity contribution >= 4 is 11.8 Å². The molecule has 0 saturated heterocycles.